The first-order valence-corrected chi connectivity index (χ1v) is 7.33. The summed E-state index contributed by atoms with van der Waals surface area (Å²) >= 11 is 0. The summed E-state index contributed by atoms with van der Waals surface area (Å²) in [5, 5.41) is 3.13. The zero-order valence-corrected chi connectivity index (χ0v) is 13.6. The predicted molar refractivity (Wildman–Crippen MR) is 89.1 cm³/mol. The molecule has 2 rings (SSSR count). The van der Waals surface area contributed by atoms with Crippen LogP contribution >= 0.6 is 0 Å². The third-order valence-corrected chi connectivity index (χ3v) is 4.32. The molecule has 1 heterocycles. The van der Waals surface area contributed by atoms with Crippen LogP contribution in [0.3, 0.4) is 0 Å². The number of hydrogen-bond donors (Lipinski definition) is 2. The number of rotatable bonds is 4. The van der Waals surface area contributed by atoms with Crippen molar-refractivity contribution in [2.75, 3.05) is 18.9 Å². The highest BCUT2D eigenvalue weighted by Crippen LogP contribution is 2.38. The maximum absolute atomic E-state index is 6.06. The van der Waals surface area contributed by atoms with E-state index in [1.807, 2.05) is 59.0 Å². The van der Waals surface area contributed by atoms with Crippen LogP contribution < -0.4 is 11.1 Å². The van der Waals surface area contributed by atoms with Gasteiger partial charge in [0.1, 0.15) is 0 Å². The van der Waals surface area contributed by atoms with E-state index in [0.717, 1.165) is 16.7 Å². The van der Waals surface area contributed by atoms with Gasteiger partial charge in [0.2, 0.25) is 0 Å². The summed E-state index contributed by atoms with van der Waals surface area (Å²) in [6, 6.07) is 8.15. The zero-order chi connectivity index (χ0) is 15.7. The largest absolute Gasteiger partial charge is 0.491 e. The highest BCUT2D eigenvalue weighted by atomic mass is 16.7. The third-order valence-electron chi connectivity index (χ3n) is 4.32. The van der Waals surface area contributed by atoms with Gasteiger partial charge >= 0.3 is 7.12 Å². The molecule has 114 valence electrons. The van der Waals surface area contributed by atoms with Crippen molar-refractivity contribution in [3.63, 3.8) is 0 Å². The van der Waals surface area contributed by atoms with Crippen LogP contribution in [0.4, 0.5) is 5.69 Å². The van der Waals surface area contributed by atoms with E-state index < -0.39 is 7.12 Å². The maximum Gasteiger partial charge on any atom is 0.491 e. The molecule has 0 aromatic heterocycles. The van der Waals surface area contributed by atoms with Crippen molar-refractivity contribution >= 4 is 18.9 Å². The molecule has 0 aliphatic carbocycles. The normalized spacial score (nSPS) is 20.7. The zero-order valence-electron chi connectivity index (χ0n) is 13.6. The van der Waals surface area contributed by atoms with Crippen molar-refractivity contribution < 1.29 is 9.31 Å². The average Bonchev–Trinajstić information content (AvgIpc) is 2.65. The smallest absolute Gasteiger partial charge is 0.400 e. The van der Waals surface area contributed by atoms with Gasteiger partial charge in [0.25, 0.3) is 0 Å². The molecular weight excluding hydrogens is 263 g/mol. The molecule has 1 aliphatic heterocycles. The Balaban J connectivity index is 2.26. The standard InChI is InChI=1S/C16H25BN2O2/c1-15(2)16(3,4)21-17(20-15)13(11-18)9-12-7-6-8-14(10-12)19-5/h6-10,19H,11,18H2,1-5H3. The number of nitrogens with one attached hydrogen (secondary N) is 1. The molecule has 0 amide bonds. The Bertz CT molecular complexity index is 525. The first-order valence-electron chi connectivity index (χ1n) is 7.33. The molecule has 0 atom stereocenters. The van der Waals surface area contributed by atoms with Crippen LogP contribution in [-0.4, -0.2) is 31.9 Å². The van der Waals surface area contributed by atoms with E-state index >= 15 is 0 Å². The fourth-order valence-corrected chi connectivity index (χ4v) is 2.22. The van der Waals surface area contributed by atoms with E-state index in [9.17, 15) is 0 Å². The summed E-state index contributed by atoms with van der Waals surface area (Å²) in [6.07, 6.45) is 2.04. The second-order valence-electron chi connectivity index (χ2n) is 6.39. The van der Waals surface area contributed by atoms with Gasteiger partial charge in [0.05, 0.1) is 11.2 Å². The van der Waals surface area contributed by atoms with E-state index in [-0.39, 0.29) is 11.2 Å². The summed E-state index contributed by atoms with van der Waals surface area (Å²) in [6.45, 7) is 8.58. The molecule has 1 saturated heterocycles. The number of benzene rings is 1. The van der Waals surface area contributed by atoms with Crippen molar-refractivity contribution in [2.45, 2.75) is 38.9 Å². The maximum atomic E-state index is 6.06. The Morgan fingerprint density at radius 1 is 1.24 bits per heavy atom. The molecular formula is C16H25BN2O2. The average molecular weight is 288 g/mol. The van der Waals surface area contributed by atoms with Crippen molar-refractivity contribution in [1.29, 1.82) is 0 Å². The van der Waals surface area contributed by atoms with Crippen LogP contribution in [0.25, 0.3) is 6.08 Å². The quantitative estimate of drug-likeness (QED) is 0.836. The minimum atomic E-state index is -0.391. The van der Waals surface area contributed by atoms with Crippen LogP contribution in [0.2, 0.25) is 0 Å². The SMILES string of the molecule is CNc1cccc(C=C(CN)B2OC(C)(C)C(C)(C)O2)c1. The molecule has 1 aromatic carbocycles. The van der Waals surface area contributed by atoms with Crippen LogP contribution in [-0.2, 0) is 9.31 Å². The Hall–Kier alpha value is -1.30. The Morgan fingerprint density at radius 2 is 1.86 bits per heavy atom. The van der Waals surface area contributed by atoms with Crippen LogP contribution in [0.15, 0.2) is 29.7 Å². The lowest BCUT2D eigenvalue weighted by Gasteiger charge is -2.32. The molecule has 3 N–H and O–H groups in total. The van der Waals surface area contributed by atoms with E-state index in [1.54, 1.807) is 0 Å². The lowest BCUT2D eigenvalue weighted by molar-refractivity contribution is 0.00578. The predicted octanol–water partition coefficient (Wildman–Crippen LogP) is 2.70. The number of hydrogen-bond acceptors (Lipinski definition) is 4. The molecule has 0 bridgehead atoms. The molecule has 5 heteroatoms. The van der Waals surface area contributed by atoms with Gasteiger partial charge in [-0.25, -0.2) is 0 Å². The van der Waals surface area contributed by atoms with Crippen LogP contribution in [0.5, 0.6) is 0 Å². The molecule has 0 radical (unpaired) electrons. The van der Waals surface area contributed by atoms with Crippen molar-refractivity contribution in [2.24, 2.45) is 5.73 Å². The number of nitrogens with two attached hydrogens (primary N) is 1. The molecule has 1 aromatic rings. The summed E-state index contributed by atoms with van der Waals surface area (Å²) in [5.74, 6) is 0. The second kappa shape index (κ2) is 5.83. The lowest BCUT2D eigenvalue weighted by Crippen LogP contribution is -2.41. The fourth-order valence-electron chi connectivity index (χ4n) is 2.22. The van der Waals surface area contributed by atoms with Gasteiger partial charge in [-0.1, -0.05) is 18.2 Å². The van der Waals surface area contributed by atoms with Gasteiger partial charge in [-0.15, -0.1) is 0 Å². The lowest BCUT2D eigenvalue weighted by atomic mass is 9.77. The summed E-state index contributed by atoms with van der Waals surface area (Å²) in [5.41, 5.74) is 8.30. The minimum Gasteiger partial charge on any atom is -0.400 e. The topological polar surface area (TPSA) is 56.5 Å². The monoisotopic (exact) mass is 288 g/mol. The second-order valence-corrected chi connectivity index (χ2v) is 6.39. The Morgan fingerprint density at radius 3 is 2.38 bits per heavy atom. The molecule has 1 aliphatic rings. The molecule has 21 heavy (non-hydrogen) atoms. The first kappa shape index (κ1) is 16.1. The van der Waals surface area contributed by atoms with E-state index in [2.05, 4.69) is 11.4 Å². The summed E-state index contributed by atoms with van der Waals surface area (Å²) < 4.78 is 12.1. The van der Waals surface area contributed by atoms with Gasteiger partial charge in [-0.2, -0.15) is 0 Å². The van der Waals surface area contributed by atoms with Gasteiger partial charge in [-0.3, -0.25) is 0 Å². The molecule has 0 saturated carbocycles. The van der Waals surface area contributed by atoms with Crippen LogP contribution in [0, 0.1) is 0 Å². The minimum absolute atomic E-state index is 0.348. The van der Waals surface area contributed by atoms with Gasteiger partial charge in [-0.05, 0) is 50.9 Å². The molecule has 0 spiro atoms. The van der Waals surface area contributed by atoms with E-state index in [1.165, 1.54) is 0 Å². The third kappa shape index (κ3) is 3.31. The van der Waals surface area contributed by atoms with Crippen molar-refractivity contribution in [3.8, 4) is 0 Å². The van der Waals surface area contributed by atoms with Gasteiger partial charge in [0.15, 0.2) is 0 Å². The van der Waals surface area contributed by atoms with E-state index in [4.69, 9.17) is 15.0 Å². The van der Waals surface area contributed by atoms with E-state index in [0.29, 0.717) is 6.54 Å². The molecule has 4 nitrogen and oxygen atoms in total. The van der Waals surface area contributed by atoms with Gasteiger partial charge in [0, 0.05) is 19.3 Å². The highest BCUT2D eigenvalue weighted by Gasteiger charge is 2.52. The Kier molecular flexibility index (Phi) is 4.47. The Labute approximate surface area is 127 Å². The molecule has 0 unspecified atom stereocenters. The first-order chi connectivity index (χ1) is 9.79. The summed E-state index contributed by atoms with van der Waals surface area (Å²) in [7, 11) is 1.51. The molecule has 1 fully saturated rings. The number of anilines is 1. The van der Waals surface area contributed by atoms with Crippen molar-refractivity contribution in [3.05, 3.63) is 35.3 Å². The summed E-state index contributed by atoms with van der Waals surface area (Å²) in [4.78, 5) is 0. The van der Waals surface area contributed by atoms with Crippen molar-refractivity contribution in [1.82, 2.24) is 0 Å². The highest BCUT2D eigenvalue weighted by molar-refractivity contribution is 6.55. The van der Waals surface area contributed by atoms with Crippen LogP contribution in [0.1, 0.15) is 33.3 Å². The van der Waals surface area contributed by atoms with Gasteiger partial charge < -0.3 is 20.4 Å². The fraction of sp³-hybridized carbons (Fsp3) is 0.500.